The van der Waals surface area contributed by atoms with Crippen LogP contribution in [-0.2, 0) is 11.0 Å². The van der Waals surface area contributed by atoms with Crippen LogP contribution in [0.5, 0.6) is 0 Å². The molecular weight excluding hydrogens is 640 g/mol. The zero-order valence-electron chi connectivity index (χ0n) is 24.5. The number of rotatable bonds is 6. The number of nitrogens with zero attached hydrogens (tertiary/aromatic N) is 3. The van der Waals surface area contributed by atoms with E-state index in [1.54, 1.807) is 25.1 Å². The van der Waals surface area contributed by atoms with Gasteiger partial charge in [-0.1, -0.05) is 35.9 Å². The zero-order chi connectivity index (χ0) is 33.5. The first kappa shape index (κ1) is 31.4. The summed E-state index contributed by atoms with van der Waals surface area (Å²) in [5.41, 5.74) is 2.15. The summed E-state index contributed by atoms with van der Waals surface area (Å²) in [4.78, 5) is 38.8. The minimum atomic E-state index is -4.48. The Labute approximate surface area is 269 Å². The molecule has 3 aromatic carbocycles. The number of nitrogens with one attached hydrogen (secondary N) is 3. The number of aliphatic imine (C=N–C) groups is 1. The van der Waals surface area contributed by atoms with Gasteiger partial charge in [0, 0.05) is 34.1 Å². The molecule has 0 radical (unpaired) electrons. The van der Waals surface area contributed by atoms with Crippen molar-refractivity contribution in [1.82, 2.24) is 15.3 Å². The average Bonchev–Trinajstić information content (AvgIpc) is 3.41. The molecule has 5 aromatic rings. The first-order valence-electron chi connectivity index (χ1n) is 14.0. The highest BCUT2D eigenvalue weighted by Crippen LogP contribution is 2.38. The number of guanidine groups is 1. The van der Waals surface area contributed by atoms with Gasteiger partial charge in [-0.3, -0.25) is 14.9 Å². The fourth-order valence-corrected chi connectivity index (χ4v) is 5.28. The summed E-state index contributed by atoms with van der Waals surface area (Å²) in [6.45, 7) is 3.03. The van der Waals surface area contributed by atoms with Gasteiger partial charge in [0.15, 0.2) is 11.4 Å². The molecule has 0 aliphatic carbocycles. The van der Waals surface area contributed by atoms with Gasteiger partial charge in [0.05, 0.1) is 11.1 Å². The van der Waals surface area contributed by atoms with Crippen molar-refractivity contribution in [2.24, 2.45) is 4.99 Å². The maximum Gasteiger partial charge on any atom is 0.416 e. The molecule has 2 aromatic heterocycles. The molecule has 0 bridgehead atoms. The number of halogens is 5. The number of carbonyl (C=O) groups excluding carboxylic acids is 2. The predicted molar refractivity (Wildman–Crippen MR) is 168 cm³/mol. The van der Waals surface area contributed by atoms with Gasteiger partial charge < -0.3 is 15.1 Å². The van der Waals surface area contributed by atoms with Crippen LogP contribution in [0.1, 0.15) is 41.4 Å². The molecule has 1 atom stereocenters. The van der Waals surface area contributed by atoms with Crippen molar-refractivity contribution in [2.45, 2.75) is 26.1 Å². The minimum absolute atomic E-state index is 0.00491. The van der Waals surface area contributed by atoms with Gasteiger partial charge in [0.2, 0.25) is 5.96 Å². The largest absolute Gasteiger partial charge is 0.423 e. The number of benzene rings is 3. The fourth-order valence-electron chi connectivity index (χ4n) is 4.99. The number of oxazole rings is 1. The smallest absolute Gasteiger partial charge is 0.416 e. The molecule has 1 aliphatic heterocycles. The molecule has 0 saturated heterocycles. The highest BCUT2D eigenvalue weighted by Gasteiger charge is 2.32. The molecule has 9 nitrogen and oxygen atoms in total. The van der Waals surface area contributed by atoms with Crippen molar-refractivity contribution in [3.63, 3.8) is 0 Å². The second-order valence-corrected chi connectivity index (χ2v) is 11.0. The summed E-state index contributed by atoms with van der Waals surface area (Å²) in [5, 5.41) is 8.82. The van der Waals surface area contributed by atoms with Crippen LogP contribution in [0, 0.1) is 5.82 Å². The number of anilines is 2. The lowest BCUT2D eigenvalue weighted by molar-refractivity contribution is -0.137. The maximum absolute atomic E-state index is 13.7. The standard InChI is InChI=1S/C33H23ClF4N6O3/c1-16-28(30(46)42-27-14-19(17(2)45)11-12-39-27)29(43-31(40-16)44-32-41-25-10-8-22(35)15-26(25)47-32)23-9-5-20(13-24(23)34)18-3-6-21(7-4-18)33(36,37)38/h3-15,29H,1-2H3,(H,39,42,46)(H2,40,41,43,44). The quantitative estimate of drug-likeness (QED) is 0.125. The van der Waals surface area contributed by atoms with Crippen LogP contribution in [0.4, 0.5) is 29.4 Å². The summed E-state index contributed by atoms with van der Waals surface area (Å²) in [7, 11) is 0. The molecule has 3 heterocycles. The number of ketones is 1. The number of hydrogen-bond acceptors (Lipinski definition) is 8. The minimum Gasteiger partial charge on any atom is -0.423 e. The molecule has 1 unspecified atom stereocenters. The van der Waals surface area contributed by atoms with Crippen molar-refractivity contribution < 1.29 is 31.6 Å². The second kappa shape index (κ2) is 12.3. The fraction of sp³-hybridized carbons (Fsp3) is 0.121. The third kappa shape index (κ3) is 6.70. The Hall–Kier alpha value is -5.56. The lowest BCUT2D eigenvalue weighted by Gasteiger charge is -2.27. The Morgan fingerprint density at radius 2 is 1.72 bits per heavy atom. The van der Waals surface area contributed by atoms with E-state index in [9.17, 15) is 27.2 Å². The third-order valence-corrected chi connectivity index (χ3v) is 7.64. The molecule has 1 aliphatic rings. The second-order valence-electron chi connectivity index (χ2n) is 10.6. The van der Waals surface area contributed by atoms with Crippen molar-refractivity contribution in [3.05, 3.63) is 118 Å². The average molecular weight is 663 g/mol. The van der Waals surface area contributed by atoms with E-state index in [0.717, 1.165) is 12.1 Å². The maximum atomic E-state index is 13.7. The summed E-state index contributed by atoms with van der Waals surface area (Å²) < 4.78 is 58.6. The topological polar surface area (TPSA) is 122 Å². The van der Waals surface area contributed by atoms with Crippen LogP contribution in [-0.4, -0.2) is 27.6 Å². The van der Waals surface area contributed by atoms with E-state index in [4.69, 9.17) is 21.0 Å². The van der Waals surface area contributed by atoms with E-state index in [2.05, 4.69) is 25.9 Å². The highest BCUT2D eigenvalue weighted by molar-refractivity contribution is 6.32. The van der Waals surface area contributed by atoms with Crippen molar-refractivity contribution in [2.75, 3.05) is 10.6 Å². The number of Topliss-reactive ketones (excluding diaryl/α,β-unsaturated/α-hetero) is 1. The van der Waals surface area contributed by atoms with Gasteiger partial charge in [-0.2, -0.15) is 18.2 Å². The van der Waals surface area contributed by atoms with Gasteiger partial charge in [-0.25, -0.2) is 14.4 Å². The molecule has 0 saturated carbocycles. The van der Waals surface area contributed by atoms with Crippen LogP contribution in [0.15, 0.2) is 99.7 Å². The SMILES string of the molecule is CC(=O)c1ccnc(NC(=O)C2=C(C)NC(Nc3nc4ccc(F)cc4o3)=NC2c2ccc(-c3ccc(C(F)(F)F)cc3)cc2Cl)c1. The van der Waals surface area contributed by atoms with E-state index in [-0.39, 0.29) is 39.8 Å². The van der Waals surface area contributed by atoms with Gasteiger partial charge in [0.1, 0.15) is 23.2 Å². The van der Waals surface area contributed by atoms with Gasteiger partial charge in [-0.05, 0) is 67.4 Å². The molecule has 3 N–H and O–H groups in total. The molecule has 0 spiro atoms. The number of alkyl halides is 3. The summed E-state index contributed by atoms with van der Waals surface area (Å²) >= 11 is 6.77. The van der Waals surface area contributed by atoms with E-state index >= 15 is 0 Å². The van der Waals surface area contributed by atoms with E-state index < -0.39 is 29.5 Å². The molecule has 0 fully saturated rings. The number of fused-ring (bicyclic) bond motifs is 1. The van der Waals surface area contributed by atoms with Crippen LogP contribution in [0.2, 0.25) is 5.02 Å². The molecule has 238 valence electrons. The first-order chi connectivity index (χ1) is 22.4. The Bertz CT molecular complexity index is 2110. The van der Waals surface area contributed by atoms with Crippen molar-refractivity contribution in [1.29, 1.82) is 0 Å². The van der Waals surface area contributed by atoms with Crippen molar-refractivity contribution in [3.8, 4) is 11.1 Å². The monoisotopic (exact) mass is 662 g/mol. The normalized spacial score (nSPS) is 14.9. The summed E-state index contributed by atoms with van der Waals surface area (Å²) in [6.07, 6.45) is -3.08. The Morgan fingerprint density at radius 1 is 0.979 bits per heavy atom. The lowest BCUT2D eigenvalue weighted by atomic mass is 9.93. The molecule has 14 heteroatoms. The molecular formula is C33H23ClF4N6O3. The number of hydrogen-bond donors (Lipinski definition) is 3. The highest BCUT2D eigenvalue weighted by atomic mass is 35.5. The van der Waals surface area contributed by atoms with Crippen LogP contribution >= 0.6 is 11.6 Å². The predicted octanol–water partition coefficient (Wildman–Crippen LogP) is 7.93. The lowest BCUT2D eigenvalue weighted by Crippen LogP contribution is -2.37. The van der Waals surface area contributed by atoms with E-state index in [0.29, 0.717) is 33.5 Å². The number of carbonyl (C=O) groups is 2. The zero-order valence-corrected chi connectivity index (χ0v) is 25.3. The van der Waals surface area contributed by atoms with Crippen molar-refractivity contribution >= 4 is 52.2 Å². The Morgan fingerprint density at radius 3 is 2.43 bits per heavy atom. The van der Waals surface area contributed by atoms with Crippen LogP contribution in [0.25, 0.3) is 22.2 Å². The van der Waals surface area contributed by atoms with Gasteiger partial charge >= 0.3 is 12.2 Å². The number of aromatic nitrogens is 2. The van der Waals surface area contributed by atoms with Gasteiger partial charge in [0.25, 0.3) is 5.91 Å². The first-order valence-corrected chi connectivity index (χ1v) is 14.4. The summed E-state index contributed by atoms with van der Waals surface area (Å²) in [5.74, 6) is -1.03. The Kier molecular flexibility index (Phi) is 8.24. The summed E-state index contributed by atoms with van der Waals surface area (Å²) in [6, 6.07) is 15.4. The molecule has 1 amide bonds. The van der Waals surface area contributed by atoms with Crippen LogP contribution < -0.4 is 16.0 Å². The number of pyridine rings is 1. The van der Waals surface area contributed by atoms with E-state index in [1.807, 2.05) is 0 Å². The third-order valence-electron chi connectivity index (χ3n) is 7.31. The number of amides is 1. The molecule has 47 heavy (non-hydrogen) atoms. The van der Waals surface area contributed by atoms with Gasteiger partial charge in [-0.15, -0.1) is 0 Å². The Balaban J connectivity index is 1.36. The van der Waals surface area contributed by atoms with Crippen LogP contribution in [0.3, 0.4) is 0 Å². The molecule has 6 rings (SSSR count). The van der Waals surface area contributed by atoms with E-state index in [1.165, 1.54) is 55.6 Å². The number of allylic oxidation sites excluding steroid dienone is 1.